The van der Waals surface area contributed by atoms with Gasteiger partial charge in [-0.1, -0.05) is 36.5 Å². The highest BCUT2D eigenvalue weighted by molar-refractivity contribution is 5.27. The standard InChI is InChI=1S/C19H26N2O/c1-2-7-15(8-3-1)12-13-21-17-10-5-4-9-16(17)20-19(21)18-11-6-14-22-18/h1-5,7,9,15,17-20H,6,8,10-14H2. The summed E-state index contributed by atoms with van der Waals surface area (Å²) in [4.78, 5) is 2.66. The molecule has 0 aromatic heterocycles. The molecule has 0 bridgehead atoms. The molecule has 0 radical (unpaired) electrons. The summed E-state index contributed by atoms with van der Waals surface area (Å²) in [6.45, 7) is 2.07. The van der Waals surface area contributed by atoms with Crippen molar-refractivity contribution in [3.05, 3.63) is 48.2 Å². The molecule has 22 heavy (non-hydrogen) atoms. The minimum absolute atomic E-state index is 0.355. The van der Waals surface area contributed by atoms with E-state index < -0.39 is 0 Å². The maximum atomic E-state index is 5.99. The molecule has 2 fully saturated rings. The zero-order valence-corrected chi connectivity index (χ0v) is 13.2. The van der Waals surface area contributed by atoms with E-state index in [0.717, 1.165) is 19.6 Å². The van der Waals surface area contributed by atoms with Crippen molar-refractivity contribution in [1.29, 1.82) is 0 Å². The molecule has 2 aliphatic heterocycles. The third-order valence-electron chi connectivity index (χ3n) is 5.35. The average Bonchev–Trinajstić information content (AvgIpc) is 3.21. The Morgan fingerprint density at radius 2 is 2.14 bits per heavy atom. The lowest BCUT2D eigenvalue weighted by Crippen LogP contribution is -2.47. The Kier molecular flexibility index (Phi) is 4.17. The van der Waals surface area contributed by atoms with Gasteiger partial charge < -0.3 is 10.1 Å². The molecule has 4 atom stereocenters. The van der Waals surface area contributed by atoms with Crippen molar-refractivity contribution in [2.24, 2.45) is 5.92 Å². The molecular formula is C19H26N2O. The molecule has 3 heteroatoms. The molecule has 0 aromatic carbocycles. The summed E-state index contributed by atoms with van der Waals surface area (Å²) in [6.07, 6.45) is 22.4. The van der Waals surface area contributed by atoms with Crippen LogP contribution < -0.4 is 5.32 Å². The van der Waals surface area contributed by atoms with E-state index in [-0.39, 0.29) is 0 Å². The van der Waals surface area contributed by atoms with Crippen LogP contribution in [0.25, 0.3) is 0 Å². The summed E-state index contributed by atoms with van der Waals surface area (Å²) < 4.78 is 5.99. The molecule has 2 aliphatic carbocycles. The lowest BCUT2D eigenvalue weighted by atomic mass is 9.96. The number of hydrogen-bond donors (Lipinski definition) is 1. The van der Waals surface area contributed by atoms with Crippen LogP contribution in [0.2, 0.25) is 0 Å². The lowest BCUT2D eigenvalue weighted by Gasteiger charge is -2.32. The second kappa shape index (κ2) is 6.43. The Balaban J connectivity index is 1.45. The average molecular weight is 298 g/mol. The summed E-state index contributed by atoms with van der Waals surface area (Å²) in [6, 6.07) is 0.530. The first-order valence-electron chi connectivity index (χ1n) is 8.76. The van der Waals surface area contributed by atoms with Crippen LogP contribution in [0.15, 0.2) is 48.2 Å². The number of rotatable bonds is 4. The van der Waals surface area contributed by atoms with Crippen LogP contribution in [-0.4, -0.2) is 36.4 Å². The fourth-order valence-electron chi connectivity index (χ4n) is 4.14. The van der Waals surface area contributed by atoms with E-state index in [1.54, 1.807) is 0 Å². The van der Waals surface area contributed by atoms with Crippen molar-refractivity contribution in [1.82, 2.24) is 10.2 Å². The maximum absolute atomic E-state index is 5.99. The van der Waals surface area contributed by atoms with Gasteiger partial charge in [0.25, 0.3) is 0 Å². The van der Waals surface area contributed by atoms with Crippen LogP contribution in [0, 0.1) is 5.92 Å². The van der Waals surface area contributed by atoms with Gasteiger partial charge in [0.2, 0.25) is 0 Å². The van der Waals surface area contributed by atoms with Gasteiger partial charge in [-0.25, -0.2) is 0 Å². The zero-order valence-electron chi connectivity index (χ0n) is 13.2. The molecule has 4 aliphatic rings. The minimum atomic E-state index is 0.355. The third-order valence-corrected chi connectivity index (χ3v) is 5.35. The number of fused-ring (bicyclic) bond motifs is 1. The highest BCUT2D eigenvalue weighted by atomic mass is 16.5. The predicted molar refractivity (Wildman–Crippen MR) is 89.2 cm³/mol. The highest BCUT2D eigenvalue weighted by Gasteiger charge is 2.42. The first-order valence-corrected chi connectivity index (χ1v) is 8.76. The van der Waals surface area contributed by atoms with Gasteiger partial charge in [-0.15, -0.1) is 0 Å². The highest BCUT2D eigenvalue weighted by Crippen LogP contribution is 2.32. The quantitative estimate of drug-likeness (QED) is 0.863. The predicted octanol–water partition coefficient (Wildman–Crippen LogP) is 3.13. The first kappa shape index (κ1) is 14.3. The van der Waals surface area contributed by atoms with E-state index in [2.05, 4.69) is 52.7 Å². The van der Waals surface area contributed by atoms with Crippen LogP contribution >= 0.6 is 0 Å². The summed E-state index contributed by atoms with van der Waals surface area (Å²) in [5.74, 6) is 0.697. The molecule has 1 N–H and O–H groups in total. The van der Waals surface area contributed by atoms with Crippen molar-refractivity contribution in [2.45, 2.75) is 50.4 Å². The Morgan fingerprint density at radius 3 is 2.95 bits per heavy atom. The van der Waals surface area contributed by atoms with Crippen molar-refractivity contribution >= 4 is 0 Å². The van der Waals surface area contributed by atoms with E-state index in [4.69, 9.17) is 4.74 Å². The summed E-state index contributed by atoms with van der Waals surface area (Å²) in [7, 11) is 0. The van der Waals surface area contributed by atoms with E-state index in [9.17, 15) is 0 Å². The SMILES string of the molecule is C1=CCC(CCN2C3CC=CC=C3NC2C2CCCO2)C=C1. The zero-order chi connectivity index (χ0) is 14.8. The van der Waals surface area contributed by atoms with Gasteiger partial charge in [0.05, 0.1) is 12.1 Å². The fraction of sp³-hybridized carbons (Fsp3) is 0.579. The monoisotopic (exact) mass is 298 g/mol. The topological polar surface area (TPSA) is 24.5 Å². The van der Waals surface area contributed by atoms with Crippen molar-refractivity contribution < 1.29 is 4.74 Å². The van der Waals surface area contributed by atoms with E-state index in [0.29, 0.717) is 24.2 Å². The smallest absolute Gasteiger partial charge is 0.107 e. The largest absolute Gasteiger partial charge is 0.375 e. The molecule has 4 unspecified atom stereocenters. The van der Waals surface area contributed by atoms with Gasteiger partial charge in [-0.3, -0.25) is 4.90 Å². The maximum Gasteiger partial charge on any atom is 0.107 e. The molecule has 0 amide bonds. The molecule has 4 rings (SSSR count). The Hall–Kier alpha value is -1.32. The van der Waals surface area contributed by atoms with Gasteiger partial charge in [-0.2, -0.15) is 0 Å². The summed E-state index contributed by atoms with van der Waals surface area (Å²) >= 11 is 0. The Morgan fingerprint density at radius 1 is 1.18 bits per heavy atom. The number of allylic oxidation sites excluding steroid dienone is 6. The molecule has 0 spiro atoms. The number of ether oxygens (including phenoxy) is 1. The number of nitrogens with one attached hydrogen (secondary N) is 1. The van der Waals surface area contributed by atoms with E-state index >= 15 is 0 Å². The van der Waals surface area contributed by atoms with Gasteiger partial charge in [0.1, 0.15) is 6.17 Å². The number of nitrogens with zero attached hydrogens (tertiary/aromatic N) is 1. The molecular weight excluding hydrogens is 272 g/mol. The molecule has 2 saturated heterocycles. The first-order chi connectivity index (χ1) is 10.9. The summed E-state index contributed by atoms with van der Waals surface area (Å²) in [5.41, 5.74) is 1.39. The van der Waals surface area contributed by atoms with E-state index in [1.807, 2.05) is 0 Å². The molecule has 2 heterocycles. The molecule has 0 saturated carbocycles. The van der Waals surface area contributed by atoms with Crippen molar-refractivity contribution in [3.8, 4) is 0 Å². The molecule has 3 nitrogen and oxygen atoms in total. The van der Waals surface area contributed by atoms with Gasteiger partial charge in [-0.05, 0) is 44.1 Å². The molecule has 118 valence electrons. The van der Waals surface area contributed by atoms with Gasteiger partial charge in [0, 0.05) is 18.8 Å². The minimum Gasteiger partial charge on any atom is -0.375 e. The van der Waals surface area contributed by atoms with Crippen LogP contribution in [0.5, 0.6) is 0 Å². The summed E-state index contributed by atoms with van der Waals surface area (Å²) in [5, 5.41) is 3.75. The second-order valence-electron chi connectivity index (χ2n) is 6.78. The molecule has 0 aromatic rings. The van der Waals surface area contributed by atoms with Crippen LogP contribution in [0.4, 0.5) is 0 Å². The number of hydrogen-bond acceptors (Lipinski definition) is 3. The Bertz CT molecular complexity index is 514. The van der Waals surface area contributed by atoms with Crippen LogP contribution in [0.3, 0.4) is 0 Å². The van der Waals surface area contributed by atoms with Gasteiger partial charge in [0.15, 0.2) is 0 Å². The normalized spacial score (nSPS) is 37.2. The van der Waals surface area contributed by atoms with E-state index in [1.165, 1.54) is 31.4 Å². The Labute approximate surface area is 133 Å². The third kappa shape index (κ3) is 2.80. The fourth-order valence-corrected chi connectivity index (χ4v) is 4.14. The van der Waals surface area contributed by atoms with Crippen LogP contribution in [-0.2, 0) is 4.74 Å². The van der Waals surface area contributed by atoms with Crippen molar-refractivity contribution in [3.63, 3.8) is 0 Å². The second-order valence-corrected chi connectivity index (χ2v) is 6.78. The lowest BCUT2D eigenvalue weighted by molar-refractivity contribution is 0.0221. The van der Waals surface area contributed by atoms with Crippen molar-refractivity contribution in [2.75, 3.05) is 13.2 Å². The van der Waals surface area contributed by atoms with Gasteiger partial charge >= 0.3 is 0 Å². The van der Waals surface area contributed by atoms with Crippen LogP contribution in [0.1, 0.15) is 32.1 Å².